The zero-order chi connectivity index (χ0) is 13.7. The Kier molecular flexibility index (Phi) is 4.10. The number of pyridine rings is 1. The molecular formula is C14H15N3O2. The Morgan fingerprint density at radius 2 is 2.00 bits per heavy atom. The predicted octanol–water partition coefficient (Wildman–Crippen LogP) is 1.69. The molecule has 5 heteroatoms. The smallest absolute Gasteiger partial charge is 0.250 e. The molecule has 3 N–H and O–H groups in total. The second-order valence-corrected chi connectivity index (χ2v) is 4.03. The van der Waals surface area contributed by atoms with Gasteiger partial charge in [-0.1, -0.05) is 12.1 Å². The fourth-order valence-electron chi connectivity index (χ4n) is 1.59. The van der Waals surface area contributed by atoms with Crippen molar-refractivity contribution in [2.24, 2.45) is 5.73 Å². The number of benzene rings is 1. The maximum absolute atomic E-state index is 10.9. The molecule has 0 unspecified atom stereocenters. The standard InChI is InChI=1S/C14H15N3O2/c1-16-8-10-2-5-12(6-3-10)19-13-7-4-11(9-17-13)14(15)18/h2-7,9,16H,8H2,1H3,(H2,15,18). The summed E-state index contributed by atoms with van der Waals surface area (Å²) in [6, 6.07) is 10.9. The van der Waals surface area contributed by atoms with E-state index in [9.17, 15) is 4.79 Å². The Bertz CT molecular complexity index is 550. The first kappa shape index (κ1) is 13.0. The van der Waals surface area contributed by atoms with Crippen LogP contribution in [0.15, 0.2) is 42.6 Å². The van der Waals surface area contributed by atoms with Gasteiger partial charge in [0.2, 0.25) is 11.8 Å². The molecule has 0 atom stereocenters. The van der Waals surface area contributed by atoms with Crippen LogP contribution in [0, 0.1) is 0 Å². The molecule has 19 heavy (non-hydrogen) atoms. The summed E-state index contributed by atoms with van der Waals surface area (Å²) in [4.78, 5) is 14.9. The molecule has 0 aliphatic rings. The molecule has 0 bridgehead atoms. The van der Waals surface area contributed by atoms with Gasteiger partial charge in [-0.25, -0.2) is 4.98 Å². The van der Waals surface area contributed by atoms with Crippen LogP contribution in [-0.2, 0) is 6.54 Å². The molecule has 5 nitrogen and oxygen atoms in total. The van der Waals surface area contributed by atoms with Gasteiger partial charge in [-0.2, -0.15) is 0 Å². The Morgan fingerprint density at radius 3 is 2.53 bits per heavy atom. The average molecular weight is 257 g/mol. The molecular weight excluding hydrogens is 242 g/mol. The lowest BCUT2D eigenvalue weighted by Crippen LogP contribution is -2.10. The normalized spacial score (nSPS) is 10.2. The van der Waals surface area contributed by atoms with E-state index in [4.69, 9.17) is 10.5 Å². The molecule has 0 radical (unpaired) electrons. The number of rotatable bonds is 5. The quantitative estimate of drug-likeness (QED) is 0.854. The first-order chi connectivity index (χ1) is 9.19. The lowest BCUT2D eigenvalue weighted by atomic mass is 10.2. The van der Waals surface area contributed by atoms with Crippen LogP contribution in [0.4, 0.5) is 0 Å². The molecule has 0 fully saturated rings. The van der Waals surface area contributed by atoms with Crippen molar-refractivity contribution in [3.63, 3.8) is 0 Å². The maximum atomic E-state index is 10.9. The van der Waals surface area contributed by atoms with Crippen molar-refractivity contribution in [3.05, 3.63) is 53.7 Å². The Morgan fingerprint density at radius 1 is 1.26 bits per heavy atom. The van der Waals surface area contributed by atoms with Crippen molar-refractivity contribution < 1.29 is 9.53 Å². The third-order valence-electron chi connectivity index (χ3n) is 2.55. The van der Waals surface area contributed by atoms with Crippen molar-refractivity contribution in [2.45, 2.75) is 6.54 Å². The summed E-state index contributed by atoms with van der Waals surface area (Å²) < 4.78 is 5.56. The van der Waals surface area contributed by atoms with E-state index in [1.54, 1.807) is 12.1 Å². The van der Waals surface area contributed by atoms with Crippen LogP contribution in [0.5, 0.6) is 11.6 Å². The first-order valence-corrected chi connectivity index (χ1v) is 5.86. The monoisotopic (exact) mass is 257 g/mol. The Labute approximate surface area is 111 Å². The van der Waals surface area contributed by atoms with Crippen LogP contribution in [0.25, 0.3) is 0 Å². The van der Waals surface area contributed by atoms with Crippen molar-refractivity contribution in [1.29, 1.82) is 0 Å². The van der Waals surface area contributed by atoms with Crippen molar-refractivity contribution in [3.8, 4) is 11.6 Å². The third-order valence-corrected chi connectivity index (χ3v) is 2.55. The van der Waals surface area contributed by atoms with Crippen molar-refractivity contribution >= 4 is 5.91 Å². The van der Waals surface area contributed by atoms with Gasteiger partial charge in [0.05, 0.1) is 5.56 Å². The van der Waals surface area contributed by atoms with E-state index in [1.807, 2.05) is 31.3 Å². The molecule has 0 aliphatic carbocycles. The first-order valence-electron chi connectivity index (χ1n) is 5.86. The fourth-order valence-corrected chi connectivity index (χ4v) is 1.59. The third kappa shape index (κ3) is 3.53. The molecule has 2 aromatic rings. The average Bonchev–Trinajstić information content (AvgIpc) is 2.42. The molecule has 0 saturated heterocycles. The number of carbonyl (C=O) groups is 1. The Balaban J connectivity index is 2.06. The summed E-state index contributed by atoms with van der Waals surface area (Å²) in [5.74, 6) is 0.612. The van der Waals surface area contributed by atoms with E-state index in [0.717, 1.165) is 6.54 Å². The minimum Gasteiger partial charge on any atom is -0.439 e. The maximum Gasteiger partial charge on any atom is 0.250 e. The number of hydrogen-bond donors (Lipinski definition) is 2. The molecule has 0 aliphatic heterocycles. The van der Waals surface area contributed by atoms with Gasteiger partial charge >= 0.3 is 0 Å². The van der Waals surface area contributed by atoms with Crippen molar-refractivity contribution in [2.75, 3.05) is 7.05 Å². The molecule has 0 saturated carbocycles. The van der Waals surface area contributed by atoms with Gasteiger partial charge in [0.25, 0.3) is 0 Å². The van der Waals surface area contributed by atoms with Crippen LogP contribution in [0.3, 0.4) is 0 Å². The van der Waals surface area contributed by atoms with Crippen LogP contribution >= 0.6 is 0 Å². The number of nitrogens with one attached hydrogen (secondary N) is 1. The van der Waals surface area contributed by atoms with Gasteiger partial charge in [0.15, 0.2) is 0 Å². The van der Waals surface area contributed by atoms with Gasteiger partial charge in [-0.15, -0.1) is 0 Å². The molecule has 0 spiro atoms. The summed E-state index contributed by atoms with van der Waals surface area (Å²) >= 11 is 0. The minimum atomic E-state index is -0.504. The van der Waals surface area contributed by atoms with Gasteiger partial charge in [-0.05, 0) is 30.8 Å². The fraction of sp³-hybridized carbons (Fsp3) is 0.143. The van der Waals surface area contributed by atoms with Crippen LogP contribution < -0.4 is 15.8 Å². The molecule has 2 rings (SSSR count). The highest BCUT2D eigenvalue weighted by Crippen LogP contribution is 2.19. The number of hydrogen-bond acceptors (Lipinski definition) is 4. The topological polar surface area (TPSA) is 77.2 Å². The van der Waals surface area contributed by atoms with Gasteiger partial charge in [-0.3, -0.25) is 4.79 Å². The zero-order valence-electron chi connectivity index (χ0n) is 10.6. The highest BCUT2D eigenvalue weighted by Gasteiger charge is 2.02. The van der Waals surface area contributed by atoms with Gasteiger partial charge in [0.1, 0.15) is 5.75 Å². The SMILES string of the molecule is CNCc1ccc(Oc2ccc(C(N)=O)cn2)cc1. The number of nitrogens with zero attached hydrogens (tertiary/aromatic N) is 1. The lowest BCUT2D eigenvalue weighted by molar-refractivity contribution is 0.1000. The number of carbonyl (C=O) groups excluding carboxylic acids is 1. The van der Waals surface area contributed by atoms with E-state index in [0.29, 0.717) is 17.2 Å². The summed E-state index contributed by atoms with van der Waals surface area (Å²) in [6.07, 6.45) is 1.40. The Hall–Kier alpha value is -2.40. The van der Waals surface area contributed by atoms with Crippen LogP contribution in [-0.4, -0.2) is 17.9 Å². The summed E-state index contributed by atoms with van der Waals surface area (Å²) in [7, 11) is 1.90. The lowest BCUT2D eigenvalue weighted by Gasteiger charge is -2.06. The summed E-state index contributed by atoms with van der Waals surface area (Å²) in [5, 5.41) is 3.07. The number of amides is 1. The van der Waals surface area contributed by atoms with E-state index in [-0.39, 0.29) is 0 Å². The molecule has 1 aromatic carbocycles. The number of primary amides is 1. The van der Waals surface area contributed by atoms with Crippen LogP contribution in [0.1, 0.15) is 15.9 Å². The van der Waals surface area contributed by atoms with Gasteiger partial charge < -0.3 is 15.8 Å². The number of nitrogens with two attached hydrogens (primary N) is 1. The molecule has 1 aromatic heterocycles. The molecule has 1 heterocycles. The number of ether oxygens (including phenoxy) is 1. The van der Waals surface area contributed by atoms with Crippen molar-refractivity contribution in [1.82, 2.24) is 10.3 Å². The second kappa shape index (κ2) is 5.97. The van der Waals surface area contributed by atoms with E-state index < -0.39 is 5.91 Å². The highest BCUT2D eigenvalue weighted by molar-refractivity contribution is 5.92. The molecule has 1 amide bonds. The van der Waals surface area contributed by atoms with Gasteiger partial charge in [0, 0.05) is 18.8 Å². The largest absolute Gasteiger partial charge is 0.439 e. The predicted molar refractivity (Wildman–Crippen MR) is 72.0 cm³/mol. The minimum absolute atomic E-state index is 0.358. The number of aromatic nitrogens is 1. The van der Waals surface area contributed by atoms with E-state index in [1.165, 1.54) is 11.8 Å². The zero-order valence-corrected chi connectivity index (χ0v) is 10.6. The van der Waals surface area contributed by atoms with Crippen LogP contribution in [0.2, 0.25) is 0 Å². The summed E-state index contributed by atoms with van der Waals surface area (Å²) in [6.45, 7) is 0.811. The molecule has 98 valence electrons. The van der Waals surface area contributed by atoms with E-state index >= 15 is 0 Å². The second-order valence-electron chi connectivity index (χ2n) is 4.03. The summed E-state index contributed by atoms with van der Waals surface area (Å²) in [5.41, 5.74) is 6.67. The van der Waals surface area contributed by atoms with E-state index in [2.05, 4.69) is 10.3 Å². The highest BCUT2D eigenvalue weighted by atomic mass is 16.5.